The topological polar surface area (TPSA) is 9.23 Å². The predicted octanol–water partition coefficient (Wildman–Crippen LogP) is 9.71. The molecule has 5 rings (SSSR count). The zero-order valence-electron chi connectivity index (χ0n) is 21.5. The molecule has 0 aromatic heterocycles. The number of rotatable bonds is 6. The van der Waals surface area contributed by atoms with Crippen molar-refractivity contribution in [3.8, 4) is 28.0 Å². The number of benzene rings is 3. The van der Waals surface area contributed by atoms with Crippen LogP contribution in [-0.4, -0.2) is 7.11 Å². The largest absolute Gasteiger partial charge is 0.494 e. The molecular formula is C33H35F3O. The quantitative estimate of drug-likeness (QED) is 0.304. The minimum absolute atomic E-state index is 0.135. The molecule has 0 amide bonds. The average molecular weight is 505 g/mol. The normalized spacial score (nSPS) is 24.0. The molecule has 0 atom stereocenters. The van der Waals surface area contributed by atoms with E-state index < -0.39 is 11.6 Å². The Kier molecular flexibility index (Phi) is 7.73. The third-order valence-electron chi connectivity index (χ3n) is 8.83. The average Bonchev–Trinajstić information content (AvgIpc) is 2.95. The lowest BCUT2D eigenvalue weighted by Gasteiger charge is -2.37. The number of methoxy groups -OCH3 is 1. The van der Waals surface area contributed by atoms with Gasteiger partial charge in [0.05, 0.1) is 7.11 Å². The molecule has 0 aliphatic heterocycles. The molecule has 0 N–H and O–H groups in total. The first-order valence-electron chi connectivity index (χ1n) is 13.5. The van der Waals surface area contributed by atoms with E-state index in [2.05, 4.69) is 18.7 Å². The molecule has 2 aliphatic carbocycles. The SMILES string of the molecule is C=CC1CCC(C2CCC(c3ccc(-c4ccc(-c5ccc(OC)c(F)c5F)cc4)c(F)c3)CC2)CC1. The summed E-state index contributed by atoms with van der Waals surface area (Å²) in [6.07, 6.45) is 12.1. The highest BCUT2D eigenvalue weighted by molar-refractivity contribution is 5.71. The van der Waals surface area contributed by atoms with Gasteiger partial charge in [-0.2, -0.15) is 4.39 Å². The lowest BCUT2D eigenvalue weighted by molar-refractivity contribution is 0.171. The third-order valence-corrected chi connectivity index (χ3v) is 8.83. The van der Waals surface area contributed by atoms with Crippen LogP contribution in [0.15, 0.2) is 67.3 Å². The van der Waals surface area contributed by atoms with Gasteiger partial charge in [0.2, 0.25) is 5.82 Å². The van der Waals surface area contributed by atoms with Crippen LogP contribution in [0.4, 0.5) is 13.2 Å². The summed E-state index contributed by atoms with van der Waals surface area (Å²) in [6, 6.07) is 15.4. The van der Waals surface area contributed by atoms with Gasteiger partial charge in [-0.15, -0.1) is 6.58 Å². The second-order valence-corrected chi connectivity index (χ2v) is 10.8. The van der Waals surface area contributed by atoms with Gasteiger partial charge >= 0.3 is 0 Å². The molecule has 37 heavy (non-hydrogen) atoms. The summed E-state index contributed by atoms with van der Waals surface area (Å²) in [4.78, 5) is 0. The molecule has 0 bridgehead atoms. The van der Waals surface area contributed by atoms with Crippen molar-refractivity contribution in [3.05, 3.63) is 90.3 Å². The van der Waals surface area contributed by atoms with Crippen molar-refractivity contribution < 1.29 is 17.9 Å². The van der Waals surface area contributed by atoms with E-state index >= 15 is 4.39 Å². The Hall–Kier alpha value is -3.01. The highest BCUT2D eigenvalue weighted by atomic mass is 19.2. The van der Waals surface area contributed by atoms with Crippen molar-refractivity contribution >= 4 is 0 Å². The van der Waals surface area contributed by atoms with E-state index in [0.717, 1.165) is 30.2 Å². The number of hydrogen-bond acceptors (Lipinski definition) is 1. The molecule has 2 saturated carbocycles. The number of ether oxygens (including phenoxy) is 1. The minimum Gasteiger partial charge on any atom is -0.494 e. The van der Waals surface area contributed by atoms with E-state index in [1.54, 1.807) is 30.3 Å². The first-order chi connectivity index (χ1) is 18.0. The van der Waals surface area contributed by atoms with Crippen LogP contribution < -0.4 is 4.74 Å². The van der Waals surface area contributed by atoms with E-state index in [4.69, 9.17) is 4.74 Å². The van der Waals surface area contributed by atoms with E-state index in [0.29, 0.717) is 28.5 Å². The van der Waals surface area contributed by atoms with Gasteiger partial charge in [0.25, 0.3) is 0 Å². The van der Waals surface area contributed by atoms with E-state index in [1.807, 2.05) is 6.07 Å². The molecule has 0 heterocycles. The van der Waals surface area contributed by atoms with Gasteiger partial charge in [0, 0.05) is 11.1 Å². The summed E-state index contributed by atoms with van der Waals surface area (Å²) >= 11 is 0. The molecule has 0 spiro atoms. The molecule has 4 heteroatoms. The summed E-state index contributed by atoms with van der Waals surface area (Å²) in [5, 5.41) is 0. The highest BCUT2D eigenvalue weighted by Crippen LogP contribution is 2.44. The summed E-state index contributed by atoms with van der Waals surface area (Å²) < 4.78 is 48.7. The monoisotopic (exact) mass is 504 g/mol. The van der Waals surface area contributed by atoms with Crippen molar-refractivity contribution in [1.82, 2.24) is 0 Å². The van der Waals surface area contributed by atoms with E-state index in [1.165, 1.54) is 57.8 Å². The molecular weight excluding hydrogens is 469 g/mol. The Morgan fingerprint density at radius 2 is 1.27 bits per heavy atom. The lowest BCUT2D eigenvalue weighted by Crippen LogP contribution is -2.25. The minimum atomic E-state index is -1.01. The summed E-state index contributed by atoms with van der Waals surface area (Å²) in [5.74, 6) is 0.440. The zero-order valence-corrected chi connectivity index (χ0v) is 21.5. The van der Waals surface area contributed by atoms with Crippen LogP contribution in [0.2, 0.25) is 0 Å². The van der Waals surface area contributed by atoms with Crippen LogP contribution >= 0.6 is 0 Å². The smallest absolute Gasteiger partial charge is 0.201 e. The molecule has 0 radical (unpaired) electrons. The Morgan fingerprint density at radius 1 is 0.703 bits per heavy atom. The second-order valence-electron chi connectivity index (χ2n) is 10.8. The van der Waals surface area contributed by atoms with Gasteiger partial charge in [-0.3, -0.25) is 0 Å². The maximum absolute atomic E-state index is 15.2. The van der Waals surface area contributed by atoms with Crippen LogP contribution in [0, 0.1) is 35.2 Å². The lowest BCUT2D eigenvalue weighted by atomic mass is 9.68. The Balaban J connectivity index is 1.24. The van der Waals surface area contributed by atoms with Gasteiger partial charge in [-0.05, 0) is 110 Å². The van der Waals surface area contributed by atoms with Crippen LogP contribution in [0.5, 0.6) is 5.75 Å². The highest BCUT2D eigenvalue weighted by Gasteiger charge is 2.31. The fourth-order valence-electron chi connectivity index (χ4n) is 6.54. The fourth-order valence-corrected chi connectivity index (χ4v) is 6.54. The van der Waals surface area contributed by atoms with Gasteiger partial charge in [-0.25, -0.2) is 8.78 Å². The summed E-state index contributed by atoms with van der Waals surface area (Å²) in [7, 11) is 1.30. The predicted molar refractivity (Wildman–Crippen MR) is 144 cm³/mol. The molecule has 2 fully saturated rings. The van der Waals surface area contributed by atoms with Crippen LogP contribution in [0.1, 0.15) is 62.8 Å². The van der Waals surface area contributed by atoms with Crippen LogP contribution in [-0.2, 0) is 0 Å². The molecule has 0 saturated heterocycles. The maximum atomic E-state index is 15.2. The van der Waals surface area contributed by atoms with Crippen molar-refractivity contribution in [3.63, 3.8) is 0 Å². The zero-order chi connectivity index (χ0) is 25.9. The molecule has 2 aliphatic rings. The van der Waals surface area contributed by atoms with Gasteiger partial charge in [-0.1, -0.05) is 42.5 Å². The van der Waals surface area contributed by atoms with Crippen molar-refractivity contribution in [2.45, 2.75) is 57.3 Å². The molecule has 3 aromatic rings. The Morgan fingerprint density at radius 3 is 1.84 bits per heavy atom. The summed E-state index contributed by atoms with van der Waals surface area (Å²) in [5.41, 5.74) is 2.98. The molecule has 1 nitrogen and oxygen atoms in total. The van der Waals surface area contributed by atoms with Gasteiger partial charge in [0.1, 0.15) is 5.82 Å². The number of halogens is 3. The summed E-state index contributed by atoms with van der Waals surface area (Å²) in [6.45, 7) is 3.97. The molecule has 194 valence electrons. The standard InChI is InChI=1S/C33H35F3O/c1-3-21-4-6-22(7-5-21)23-8-10-24(11-9-23)27-16-17-28(30(34)20-27)25-12-14-26(15-13-25)29-18-19-31(37-2)33(36)32(29)35/h3,12-24H,1,4-11H2,2H3. The second kappa shape index (κ2) is 11.2. The van der Waals surface area contributed by atoms with E-state index in [-0.39, 0.29) is 17.1 Å². The number of allylic oxidation sites excluding steroid dienone is 1. The van der Waals surface area contributed by atoms with Gasteiger partial charge < -0.3 is 4.74 Å². The third kappa shape index (κ3) is 5.35. The van der Waals surface area contributed by atoms with Crippen molar-refractivity contribution in [2.24, 2.45) is 17.8 Å². The number of hydrogen-bond donors (Lipinski definition) is 0. The first-order valence-corrected chi connectivity index (χ1v) is 13.5. The maximum Gasteiger partial charge on any atom is 0.201 e. The fraction of sp³-hybridized carbons (Fsp3) is 0.394. The van der Waals surface area contributed by atoms with Crippen LogP contribution in [0.25, 0.3) is 22.3 Å². The Labute approximate surface area is 218 Å². The van der Waals surface area contributed by atoms with Crippen molar-refractivity contribution in [1.29, 1.82) is 0 Å². The van der Waals surface area contributed by atoms with E-state index in [9.17, 15) is 8.78 Å². The molecule has 0 unspecified atom stereocenters. The van der Waals surface area contributed by atoms with Crippen LogP contribution in [0.3, 0.4) is 0 Å². The molecule has 3 aromatic carbocycles. The van der Waals surface area contributed by atoms with Crippen molar-refractivity contribution in [2.75, 3.05) is 7.11 Å². The van der Waals surface area contributed by atoms with Gasteiger partial charge in [0.15, 0.2) is 11.6 Å². The first kappa shape index (κ1) is 25.6. The Bertz CT molecular complexity index is 1230.